The van der Waals surface area contributed by atoms with Crippen LogP contribution in [0.3, 0.4) is 0 Å². The van der Waals surface area contributed by atoms with E-state index in [-0.39, 0.29) is 5.41 Å². The molecule has 2 nitrogen and oxygen atoms in total. The summed E-state index contributed by atoms with van der Waals surface area (Å²) in [4.78, 5) is 13.3. The van der Waals surface area contributed by atoms with Crippen molar-refractivity contribution >= 4 is 45.2 Å². The maximum atomic E-state index is 13.3. The molecule has 49 heavy (non-hydrogen) atoms. The molecule has 0 saturated heterocycles. The van der Waals surface area contributed by atoms with Crippen molar-refractivity contribution in [2.24, 2.45) is 0 Å². The molecule has 2 heterocycles. The van der Waals surface area contributed by atoms with Gasteiger partial charge in [-0.2, -0.15) is 0 Å². The average molecular weight is 650 g/mol. The van der Waals surface area contributed by atoms with Gasteiger partial charge in [0.1, 0.15) is 0 Å². The Morgan fingerprint density at radius 2 is 1.00 bits per heavy atom. The Morgan fingerprint density at radius 1 is 0.449 bits per heavy atom. The third-order valence-electron chi connectivity index (χ3n) is 11.5. The van der Waals surface area contributed by atoms with E-state index in [2.05, 4.69) is 152 Å². The zero-order valence-corrected chi connectivity index (χ0v) is 28.6. The Balaban J connectivity index is 1.40. The van der Waals surface area contributed by atoms with Gasteiger partial charge in [0.05, 0.1) is 0 Å². The number of hydrogen-bond acceptors (Lipinski definition) is 1. The second kappa shape index (κ2) is 10.1. The molecule has 10 rings (SSSR count). The first kappa shape index (κ1) is 28.7. The summed E-state index contributed by atoms with van der Waals surface area (Å²) in [7, 11) is -3.41. The Kier molecular flexibility index (Phi) is 5.93. The maximum absolute atomic E-state index is 13.3. The SMILES string of the molecule is CC1(C)c2ccccc2C2(c3ccccc3-n3c4ccccc4c4cccc2c43)c2cc([PH](O)(c3ccccc3)c3ccccc3)ccc21. The molecule has 236 valence electrons. The molecule has 0 fully saturated rings. The number of benzene rings is 7. The fourth-order valence-corrected chi connectivity index (χ4v) is 12.4. The summed E-state index contributed by atoms with van der Waals surface area (Å²) in [5.41, 5.74) is 10.6. The molecule has 1 atom stereocenters. The van der Waals surface area contributed by atoms with Gasteiger partial charge in [0.25, 0.3) is 0 Å². The zero-order valence-electron chi connectivity index (χ0n) is 27.6. The van der Waals surface area contributed by atoms with Gasteiger partial charge in [0, 0.05) is 0 Å². The van der Waals surface area contributed by atoms with Gasteiger partial charge in [-0.3, -0.25) is 0 Å². The Bertz CT molecular complexity index is 2560. The fraction of sp³-hybridized carbons (Fsp3) is 0.0870. The minimum absolute atomic E-state index is 0.262. The van der Waals surface area contributed by atoms with Crippen LogP contribution in [0.1, 0.15) is 47.2 Å². The van der Waals surface area contributed by atoms with Gasteiger partial charge in [-0.05, 0) is 0 Å². The van der Waals surface area contributed by atoms with Crippen molar-refractivity contribution < 1.29 is 4.89 Å². The molecule has 8 aromatic rings. The van der Waals surface area contributed by atoms with Gasteiger partial charge < -0.3 is 0 Å². The molecule has 1 aliphatic heterocycles. The van der Waals surface area contributed by atoms with Crippen LogP contribution in [0.4, 0.5) is 0 Å². The summed E-state index contributed by atoms with van der Waals surface area (Å²) in [6.07, 6.45) is 0. The molecule has 1 aliphatic carbocycles. The third-order valence-corrected chi connectivity index (χ3v) is 15.0. The predicted molar refractivity (Wildman–Crippen MR) is 207 cm³/mol. The van der Waals surface area contributed by atoms with Gasteiger partial charge >= 0.3 is 288 Å². The number of nitrogens with zero attached hydrogens (tertiary/aromatic N) is 1. The van der Waals surface area contributed by atoms with Crippen molar-refractivity contribution in [1.29, 1.82) is 0 Å². The van der Waals surface area contributed by atoms with Crippen LogP contribution < -0.4 is 15.9 Å². The van der Waals surface area contributed by atoms with E-state index in [0.717, 1.165) is 15.9 Å². The molecular formula is C46H36NOP. The van der Waals surface area contributed by atoms with Gasteiger partial charge in [-0.1, -0.05) is 0 Å². The van der Waals surface area contributed by atoms with Crippen LogP contribution in [0.15, 0.2) is 170 Å². The molecular weight excluding hydrogens is 613 g/mol. The third kappa shape index (κ3) is 3.58. The molecule has 0 bridgehead atoms. The van der Waals surface area contributed by atoms with E-state index in [1.165, 1.54) is 60.9 Å². The number of fused-ring (bicyclic) bond motifs is 11. The summed E-state index contributed by atoms with van der Waals surface area (Å²) in [6.45, 7) is 4.73. The van der Waals surface area contributed by atoms with Crippen LogP contribution in [0, 0.1) is 0 Å². The van der Waals surface area contributed by atoms with Crippen molar-refractivity contribution in [3.8, 4) is 5.69 Å². The Morgan fingerprint density at radius 3 is 1.73 bits per heavy atom. The second-order valence-corrected chi connectivity index (χ2v) is 17.3. The molecule has 3 heteroatoms. The van der Waals surface area contributed by atoms with Crippen LogP contribution >= 0.6 is 7.49 Å². The zero-order chi connectivity index (χ0) is 33.0. The molecule has 2 aliphatic rings. The summed E-state index contributed by atoms with van der Waals surface area (Å²) < 4.78 is 2.49. The van der Waals surface area contributed by atoms with Crippen LogP contribution in [-0.4, -0.2) is 9.46 Å². The van der Waals surface area contributed by atoms with E-state index < -0.39 is 12.9 Å². The first-order valence-electron chi connectivity index (χ1n) is 17.2. The fourth-order valence-electron chi connectivity index (χ4n) is 9.41. The molecule has 1 spiro atoms. The Hall–Kier alpha value is -5.27. The molecule has 0 amide bonds. The summed E-state index contributed by atoms with van der Waals surface area (Å²) >= 11 is 0. The summed E-state index contributed by atoms with van der Waals surface area (Å²) in [5, 5.41) is 5.49. The number of rotatable bonds is 3. The predicted octanol–water partition coefficient (Wildman–Crippen LogP) is 9.05. The minimum atomic E-state index is -3.41. The summed E-state index contributed by atoms with van der Waals surface area (Å²) in [5.74, 6) is 0. The van der Waals surface area contributed by atoms with E-state index in [0.29, 0.717) is 0 Å². The molecule has 1 aromatic heterocycles. The second-order valence-electron chi connectivity index (χ2n) is 14.2. The number of para-hydroxylation sites is 3. The van der Waals surface area contributed by atoms with E-state index in [1.807, 2.05) is 36.4 Å². The molecule has 7 aromatic carbocycles. The quantitative estimate of drug-likeness (QED) is 0.190. The topological polar surface area (TPSA) is 25.2 Å². The monoisotopic (exact) mass is 649 g/mol. The first-order chi connectivity index (χ1) is 24.0. The molecule has 1 N–H and O–H groups in total. The van der Waals surface area contributed by atoms with E-state index >= 15 is 0 Å². The van der Waals surface area contributed by atoms with Crippen molar-refractivity contribution in [3.63, 3.8) is 0 Å². The summed E-state index contributed by atoms with van der Waals surface area (Å²) in [6, 6.07) is 61.4. The number of hydrogen-bond donors (Lipinski definition) is 1. The molecule has 0 radical (unpaired) electrons. The van der Waals surface area contributed by atoms with Crippen LogP contribution in [0.25, 0.3) is 27.5 Å². The van der Waals surface area contributed by atoms with Crippen LogP contribution in [0.2, 0.25) is 0 Å². The normalized spacial score (nSPS) is 17.4. The van der Waals surface area contributed by atoms with E-state index in [1.54, 1.807) is 0 Å². The van der Waals surface area contributed by atoms with Gasteiger partial charge in [0.15, 0.2) is 0 Å². The van der Waals surface area contributed by atoms with Crippen molar-refractivity contribution in [2.45, 2.75) is 24.7 Å². The molecule has 1 unspecified atom stereocenters. The number of aromatic nitrogens is 1. The van der Waals surface area contributed by atoms with E-state index in [9.17, 15) is 4.89 Å². The van der Waals surface area contributed by atoms with Crippen molar-refractivity contribution in [1.82, 2.24) is 4.57 Å². The van der Waals surface area contributed by atoms with Crippen LogP contribution in [-0.2, 0) is 10.8 Å². The van der Waals surface area contributed by atoms with Crippen molar-refractivity contribution in [3.05, 3.63) is 203 Å². The average Bonchev–Trinajstić information content (AvgIpc) is 3.50. The molecule has 0 saturated carbocycles. The first-order valence-corrected chi connectivity index (χ1v) is 19.1. The van der Waals surface area contributed by atoms with Gasteiger partial charge in [-0.25, -0.2) is 0 Å². The standard InChI is InChI=1S/C46H36NOP/c1-45(2)36-22-10-11-23-38(36)46(39-24-12-14-27-43(39)47-42-26-13-9-20-34(42)35-21-15-25-40(46)44(35)47)41-30-33(28-29-37(41)45)49(48,31-16-5-3-6-17-31)32-18-7-4-8-19-32/h3-30,48-49H,1-2H3. The van der Waals surface area contributed by atoms with E-state index in [4.69, 9.17) is 0 Å². The van der Waals surface area contributed by atoms with Crippen molar-refractivity contribution in [2.75, 3.05) is 0 Å². The van der Waals surface area contributed by atoms with Gasteiger partial charge in [0.2, 0.25) is 0 Å². The van der Waals surface area contributed by atoms with Gasteiger partial charge in [-0.15, -0.1) is 0 Å². The van der Waals surface area contributed by atoms with Crippen LogP contribution in [0.5, 0.6) is 0 Å². The Labute approximate surface area is 287 Å².